The van der Waals surface area contributed by atoms with Crippen molar-refractivity contribution in [2.24, 2.45) is 0 Å². The van der Waals surface area contributed by atoms with E-state index in [1.807, 2.05) is 26.8 Å². The average Bonchev–Trinajstić information content (AvgIpc) is 2.62. The van der Waals surface area contributed by atoms with Crippen LogP contribution in [0.25, 0.3) is 11.1 Å². The Morgan fingerprint density at radius 2 is 1.17 bits per heavy atom. The number of hydrogen-bond acceptors (Lipinski definition) is 3. The van der Waals surface area contributed by atoms with Gasteiger partial charge in [-0.05, 0) is 43.9 Å². The predicted molar refractivity (Wildman–Crippen MR) is 101 cm³/mol. The molecule has 2 aromatic carbocycles. The molecule has 0 amide bonds. The summed E-state index contributed by atoms with van der Waals surface area (Å²) in [5.41, 5.74) is 3.76. The lowest BCUT2D eigenvalue weighted by molar-refractivity contribution is 0.0714. The first-order valence-corrected chi connectivity index (χ1v) is 10.7. The van der Waals surface area contributed by atoms with Crippen LogP contribution in [0.5, 0.6) is 0 Å². The summed E-state index contributed by atoms with van der Waals surface area (Å²) in [6.07, 6.45) is 0.904. The van der Waals surface area contributed by atoms with Crippen LogP contribution in [0.3, 0.4) is 0 Å². The van der Waals surface area contributed by atoms with E-state index in [2.05, 4.69) is 48.5 Å². The Bertz CT molecular complexity index is 567. The van der Waals surface area contributed by atoms with E-state index in [9.17, 15) is 0 Å². The van der Waals surface area contributed by atoms with Gasteiger partial charge in [0.1, 0.15) is 0 Å². The number of benzene rings is 2. The van der Waals surface area contributed by atoms with Gasteiger partial charge in [-0.2, -0.15) is 0 Å². The highest BCUT2D eigenvalue weighted by atomic mass is 28.4. The lowest BCUT2D eigenvalue weighted by Gasteiger charge is -2.28. The van der Waals surface area contributed by atoms with Crippen LogP contribution in [0.2, 0.25) is 6.04 Å². The Labute approximate surface area is 146 Å². The lowest BCUT2D eigenvalue weighted by Crippen LogP contribution is -2.46. The zero-order valence-electron chi connectivity index (χ0n) is 15.0. The van der Waals surface area contributed by atoms with Gasteiger partial charge >= 0.3 is 8.80 Å². The fourth-order valence-electron chi connectivity index (χ4n) is 2.79. The summed E-state index contributed by atoms with van der Waals surface area (Å²) < 4.78 is 17.8. The highest BCUT2D eigenvalue weighted by Gasteiger charge is 2.39. The summed E-state index contributed by atoms with van der Waals surface area (Å²) in [6, 6.07) is 20.0. The molecule has 0 saturated heterocycles. The van der Waals surface area contributed by atoms with Gasteiger partial charge in [-0.25, -0.2) is 0 Å². The molecule has 0 radical (unpaired) electrons. The van der Waals surface area contributed by atoms with E-state index in [1.165, 1.54) is 16.7 Å². The first kappa shape index (κ1) is 18.9. The molecule has 0 aromatic heterocycles. The molecule has 0 aliphatic carbocycles. The molecule has 2 aromatic rings. The minimum atomic E-state index is -2.56. The van der Waals surface area contributed by atoms with Crippen molar-refractivity contribution in [3.63, 3.8) is 0 Å². The predicted octanol–water partition coefficient (Wildman–Crippen LogP) is 4.94. The minimum Gasteiger partial charge on any atom is -0.374 e. The highest BCUT2D eigenvalue weighted by Crippen LogP contribution is 2.22. The maximum Gasteiger partial charge on any atom is 0.501 e. The van der Waals surface area contributed by atoms with Crippen LogP contribution in [-0.2, 0) is 19.7 Å². The van der Waals surface area contributed by atoms with E-state index in [4.69, 9.17) is 13.3 Å². The lowest BCUT2D eigenvalue weighted by atomic mass is 10.0. The topological polar surface area (TPSA) is 27.7 Å². The van der Waals surface area contributed by atoms with E-state index in [1.54, 1.807) is 0 Å². The molecule has 0 atom stereocenters. The van der Waals surface area contributed by atoms with Gasteiger partial charge in [0.05, 0.1) is 0 Å². The van der Waals surface area contributed by atoms with Crippen LogP contribution < -0.4 is 0 Å². The van der Waals surface area contributed by atoms with Crippen molar-refractivity contribution < 1.29 is 13.3 Å². The fourth-order valence-corrected chi connectivity index (χ4v) is 5.39. The molecule has 0 spiro atoms. The van der Waals surface area contributed by atoms with Crippen molar-refractivity contribution in [1.82, 2.24) is 0 Å². The van der Waals surface area contributed by atoms with E-state index in [0.717, 1.165) is 12.5 Å². The maximum atomic E-state index is 5.92. The smallest absolute Gasteiger partial charge is 0.374 e. The normalized spacial score (nSPS) is 11.6. The zero-order valence-corrected chi connectivity index (χ0v) is 16.0. The molecule has 24 heavy (non-hydrogen) atoms. The molecular formula is C20H28O3Si. The first-order valence-electron chi connectivity index (χ1n) is 8.79. The van der Waals surface area contributed by atoms with Gasteiger partial charge < -0.3 is 13.3 Å². The summed E-state index contributed by atoms with van der Waals surface area (Å²) in [5.74, 6) is 0. The Balaban J connectivity index is 2.04. The monoisotopic (exact) mass is 344 g/mol. The third kappa shape index (κ3) is 5.28. The van der Waals surface area contributed by atoms with Crippen molar-refractivity contribution in [1.29, 1.82) is 0 Å². The third-order valence-electron chi connectivity index (χ3n) is 3.87. The van der Waals surface area contributed by atoms with Crippen molar-refractivity contribution in [3.05, 3.63) is 60.2 Å². The molecule has 0 aliphatic heterocycles. The number of hydrogen-bond donors (Lipinski definition) is 0. The molecule has 0 aliphatic rings. The number of rotatable bonds is 10. The van der Waals surface area contributed by atoms with Gasteiger partial charge in [-0.1, -0.05) is 54.6 Å². The Kier molecular flexibility index (Phi) is 7.66. The van der Waals surface area contributed by atoms with Gasteiger partial charge in [-0.15, -0.1) is 0 Å². The van der Waals surface area contributed by atoms with Crippen LogP contribution in [-0.4, -0.2) is 28.6 Å². The van der Waals surface area contributed by atoms with Gasteiger partial charge in [0.15, 0.2) is 0 Å². The van der Waals surface area contributed by atoms with Crippen molar-refractivity contribution in [2.75, 3.05) is 19.8 Å². The van der Waals surface area contributed by atoms with E-state index < -0.39 is 8.80 Å². The Hall–Kier alpha value is -1.46. The zero-order chi connectivity index (χ0) is 17.3. The summed E-state index contributed by atoms with van der Waals surface area (Å²) in [5, 5.41) is 0. The van der Waals surface area contributed by atoms with E-state index in [0.29, 0.717) is 19.8 Å². The molecule has 0 saturated carbocycles. The first-order chi connectivity index (χ1) is 11.7. The molecule has 3 nitrogen and oxygen atoms in total. The average molecular weight is 345 g/mol. The molecule has 0 N–H and O–H groups in total. The van der Waals surface area contributed by atoms with Crippen molar-refractivity contribution >= 4 is 8.80 Å². The quantitative estimate of drug-likeness (QED) is 0.571. The van der Waals surface area contributed by atoms with Crippen LogP contribution in [0.15, 0.2) is 54.6 Å². The fraction of sp³-hybridized carbons (Fsp3) is 0.400. The van der Waals surface area contributed by atoms with Crippen molar-refractivity contribution in [2.45, 2.75) is 33.2 Å². The summed E-state index contributed by atoms with van der Waals surface area (Å²) in [4.78, 5) is 0. The second-order valence-corrected chi connectivity index (χ2v) is 8.28. The van der Waals surface area contributed by atoms with E-state index in [-0.39, 0.29) is 0 Å². The van der Waals surface area contributed by atoms with Crippen LogP contribution in [0, 0.1) is 0 Å². The van der Waals surface area contributed by atoms with Gasteiger partial charge in [-0.3, -0.25) is 0 Å². The molecule has 0 fully saturated rings. The molecule has 2 rings (SSSR count). The Morgan fingerprint density at radius 3 is 1.67 bits per heavy atom. The van der Waals surface area contributed by atoms with Crippen molar-refractivity contribution in [3.8, 4) is 11.1 Å². The van der Waals surface area contributed by atoms with Crippen LogP contribution in [0.1, 0.15) is 26.3 Å². The van der Waals surface area contributed by atoms with Gasteiger partial charge in [0.25, 0.3) is 0 Å². The second kappa shape index (κ2) is 9.74. The Morgan fingerprint density at radius 1 is 0.667 bits per heavy atom. The van der Waals surface area contributed by atoms with Crippen LogP contribution >= 0.6 is 0 Å². The molecule has 0 unspecified atom stereocenters. The highest BCUT2D eigenvalue weighted by molar-refractivity contribution is 6.60. The third-order valence-corrected chi connectivity index (χ3v) is 6.92. The summed E-state index contributed by atoms with van der Waals surface area (Å²) in [6.45, 7) is 7.86. The summed E-state index contributed by atoms with van der Waals surface area (Å²) >= 11 is 0. The number of aryl methyl sites for hydroxylation is 1. The minimum absolute atomic E-state index is 0.624. The van der Waals surface area contributed by atoms with Crippen LogP contribution in [0.4, 0.5) is 0 Å². The van der Waals surface area contributed by atoms with E-state index >= 15 is 0 Å². The molecule has 130 valence electrons. The molecule has 0 bridgehead atoms. The molecule has 4 heteroatoms. The largest absolute Gasteiger partial charge is 0.501 e. The summed E-state index contributed by atoms with van der Waals surface area (Å²) in [7, 11) is -2.56. The van der Waals surface area contributed by atoms with Gasteiger partial charge in [0, 0.05) is 25.9 Å². The second-order valence-electron chi connectivity index (χ2n) is 5.54. The molecule has 0 heterocycles. The molecular weight excluding hydrogens is 316 g/mol. The van der Waals surface area contributed by atoms with Gasteiger partial charge in [0.2, 0.25) is 0 Å². The maximum absolute atomic E-state index is 5.92. The standard InChI is InChI=1S/C20H28O3Si/c1-4-21-24(22-5-2,23-6-3)17-16-18-12-14-20(15-13-18)19-10-8-7-9-11-19/h7-15H,4-6,16-17H2,1-3H3. The SMILES string of the molecule is CCO[Si](CCc1ccc(-c2ccccc2)cc1)(OCC)OCC.